The smallest absolute Gasteiger partial charge is 0.150 e. The molecule has 0 unspecified atom stereocenters. The van der Waals surface area contributed by atoms with E-state index in [1.165, 1.54) is 6.07 Å². The number of hydrogen-bond donors (Lipinski definition) is 3. The average molecular weight is 363 g/mol. The van der Waals surface area contributed by atoms with Crippen molar-refractivity contribution in [3.8, 4) is 22.8 Å². The fraction of sp³-hybridized carbons (Fsp3) is 0.318. The lowest BCUT2D eigenvalue weighted by Crippen LogP contribution is -2.27. The maximum absolute atomic E-state index is 10.6. The number of para-hydroxylation sites is 1. The van der Waals surface area contributed by atoms with Gasteiger partial charge in [-0.3, -0.25) is 0 Å². The minimum atomic E-state index is -0.357. The summed E-state index contributed by atoms with van der Waals surface area (Å²) in [7, 11) is 0. The van der Waals surface area contributed by atoms with Crippen LogP contribution in [0, 0.1) is 13.8 Å². The molecule has 0 radical (unpaired) electrons. The van der Waals surface area contributed by atoms with Gasteiger partial charge in [-0.1, -0.05) is 39.0 Å². The maximum atomic E-state index is 10.6. The van der Waals surface area contributed by atoms with Crippen LogP contribution in [0.15, 0.2) is 36.4 Å². The minimum Gasteiger partial charge on any atom is -0.508 e. The van der Waals surface area contributed by atoms with Gasteiger partial charge in [-0.15, -0.1) is 0 Å². The van der Waals surface area contributed by atoms with Gasteiger partial charge in [-0.2, -0.15) is 5.10 Å². The highest BCUT2D eigenvalue weighted by Crippen LogP contribution is 2.44. The van der Waals surface area contributed by atoms with Gasteiger partial charge in [-0.25, -0.2) is 4.68 Å². The third kappa shape index (κ3) is 2.74. The molecule has 1 aromatic heterocycles. The second kappa shape index (κ2) is 5.78. The summed E-state index contributed by atoms with van der Waals surface area (Å²) in [6, 6.07) is 11.6. The predicted octanol–water partition coefficient (Wildman–Crippen LogP) is 4.85. The highest BCUT2D eigenvalue weighted by atomic mass is 16.3. The first-order valence-electron chi connectivity index (χ1n) is 9.16. The third-order valence-corrected chi connectivity index (χ3v) is 5.18. The van der Waals surface area contributed by atoms with E-state index in [9.17, 15) is 10.2 Å². The SMILES string of the molecule is Cc1cc2n(n1)[C@H](c1cc(C(C)(C)C)c(O)cc1O)Nc1c(C)cccc1-2. The molecule has 0 bridgehead atoms. The maximum Gasteiger partial charge on any atom is 0.150 e. The summed E-state index contributed by atoms with van der Waals surface area (Å²) in [5.41, 5.74) is 6.43. The van der Waals surface area contributed by atoms with Crippen LogP contribution in [0.4, 0.5) is 5.69 Å². The van der Waals surface area contributed by atoms with Gasteiger partial charge >= 0.3 is 0 Å². The van der Waals surface area contributed by atoms with Crippen LogP contribution < -0.4 is 5.32 Å². The lowest BCUT2D eigenvalue weighted by Gasteiger charge is -2.32. The molecule has 1 atom stereocenters. The predicted molar refractivity (Wildman–Crippen MR) is 107 cm³/mol. The first-order chi connectivity index (χ1) is 12.7. The summed E-state index contributed by atoms with van der Waals surface area (Å²) >= 11 is 0. The Hall–Kier alpha value is -2.95. The lowest BCUT2D eigenvalue weighted by molar-refractivity contribution is 0.421. The number of anilines is 1. The van der Waals surface area contributed by atoms with E-state index >= 15 is 0 Å². The molecule has 1 aliphatic rings. The zero-order valence-electron chi connectivity index (χ0n) is 16.3. The molecule has 0 aliphatic carbocycles. The molecule has 4 rings (SSSR count). The molecular weight excluding hydrogens is 338 g/mol. The van der Waals surface area contributed by atoms with Crippen LogP contribution in [-0.2, 0) is 5.41 Å². The van der Waals surface area contributed by atoms with Crippen molar-refractivity contribution in [3.05, 3.63) is 58.8 Å². The van der Waals surface area contributed by atoms with E-state index in [0.29, 0.717) is 5.56 Å². The molecule has 140 valence electrons. The van der Waals surface area contributed by atoms with Crippen LogP contribution in [0.3, 0.4) is 0 Å². The normalized spacial score (nSPS) is 15.8. The van der Waals surface area contributed by atoms with Crippen molar-refractivity contribution in [2.24, 2.45) is 0 Å². The summed E-state index contributed by atoms with van der Waals surface area (Å²) in [5, 5.41) is 29.2. The molecule has 0 amide bonds. The number of aromatic hydroxyl groups is 2. The summed E-state index contributed by atoms with van der Waals surface area (Å²) in [6.07, 6.45) is -0.357. The molecule has 5 nitrogen and oxygen atoms in total. The van der Waals surface area contributed by atoms with Crippen molar-refractivity contribution in [2.75, 3.05) is 5.32 Å². The Kier molecular flexibility index (Phi) is 3.74. The molecule has 1 aliphatic heterocycles. The number of phenolic OH excluding ortho intramolecular Hbond substituents is 2. The Balaban J connectivity index is 1.95. The second-order valence-corrected chi connectivity index (χ2v) is 8.34. The fourth-order valence-corrected chi connectivity index (χ4v) is 3.81. The number of rotatable bonds is 1. The van der Waals surface area contributed by atoms with Crippen molar-refractivity contribution < 1.29 is 10.2 Å². The molecule has 2 aromatic carbocycles. The van der Waals surface area contributed by atoms with Crippen LogP contribution in [0.2, 0.25) is 0 Å². The van der Waals surface area contributed by atoms with Gasteiger partial charge in [0.1, 0.15) is 11.5 Å². The lowest BCUT2D eigenvalue weighted by atomic mass is 9.84. The summed E-state index contributed by atoms with van der Waals surface area (Å²) < 4.78 is 1.91. The molecule has 0 saturated heterocycles. The molecule has 0 fully saturated rings. The van der Waals surface area contributed by atoms with E-state index < -0.39 is 0 Å². The number of nitrogens with one attached hydrogen (secondary N) is 1. The monoisotopic (exact) mass is 363 g/mol. The van der Waals surface area contributed by atoms with E-state index in [1.54, 1.807) is 0 Å². The summed E-state index contributed by atoms with van der Waals surface area (Å²) in [6.45, 7) is 10.2. The number of phenols is 2. The molecule has 5 heteroatoms. The van der Waals surface area contributed by atoms with Crippen molar-refractivity contribution in [2.45, 2.75) is 46.2 Å². The Morgan fingerprint density at radius 1 is 1.04 bits per heavy atom. The van der Waals surface area contributed by atoms with Crippen molar-refractivity contribution >= 4 is 5.69 Å². The van der Waals surface area contributed by atoms with Crippen molar-refractivity contribution in [1.82, 2.24) is 9.78 Å². The molecule has 27 heavy (non-hydrogen) atoms. The summed E-state index contributed by atoms with van der Waals surface area (Å²) in [5.74, 6) is 0.155. The number of benzene rings is 2. The molecular formula is C22H25N3O2. The van der Waals surface area contributed by atoms with Gasteiger partial charge < -0.3 is 15.5 Å². The molecule has 0 spiro atoms. The Bertz CT molecular complexity index is 1040. The first-order valence-corrected chi connectivity index (χ1v) is 9.16. The molecule has 2 heterocycles. The van der Waals surface area contributed by atoms with E-state index in [2.05, 4.69) is 35.5 Å². The molecule has 3 aromatic rings. The zero-order chi connectivity index (χ0) is 19.5. The number of hydrogen-bond acceptors (Lipinski definition) is 4. The van der Waals surface area contributed by atoms with E-state index in [0.717, 1.165) is 33.8 Å². The topological polar surface area (TPSA) is 70.3 Å². The molecule has 3 N–H and O–H groups in total. The van der Waals surface area contributed by atoms with Crippen LogP contribution in [0.5, 0.6) is 11.5 Å². The van der Waals surface area contributed by atoms with Crippen molar-refractivity contribution in [3.63, 3.8) is 0 Å². The van der Waals surface area contributed by atoms with E-state index in [4.69, 9.17) is 0 Å². The number of aromatic nitrogens is 2. The van der Waals surface area contributed by atoms with Crippen LogP contribution in [0.1, 0.15) is 49.3 Å². The third-order valence-electron chi connectivity index (χ3n) is 5.18. The van der Waals surface area contributed by atoms with Crippen LogP contribution in [-0.4, -0.2) is 20.0 Å². The quantitative estimate of drug-likeness (QED) is 0.578. The minimum absolute atomic E-state index is 0.0501. The Morgan fingerprint density at radius 3 is 2.48 bits per heavy atom. The average Bonchev–Trinajstić information content (AvgIpc) is 2.95. The Morgan fingerprint density at radius 2 is 1.78 bits per heavy atom. The highest BCUT2D eigenvalue weighted by Gasteiger charge is 2.31. The standard InChI is InChI=1S/C22H25N3O2/c1-12-7-6-8-14-17-9-13(2)24-25(17)21(23-20(12)14)15-10-16(22(3,4)5)19(27)11-18(15)26/h6-11,21,23,26-27H,1-5H3/t21-/m1/s1. The Labute approximate surface area is 159 Å². The van der Waals surface area contributed by atoms with Crippen LogP contribution in [0.25, 0.3) is 11.3 Å². The van der Waals surface area contributed by atoms with E-state index in [-0.39, 0.29) is 23.1 Å². The van der Waals surface area contributed by atoms with Gasteiger partial charge in [0.05, 0.1) is 11.4 Å². The van der Waals surface area contributed by atoms with Gasteiger partial charge in [0.25, 0.3) is 0 Å². The first kappa shape index (κ1) is 17.5. The number of nitrogens with zero attached hydrogens (tertiary/aromatic N) is 2. The number of fused-ring (bicyclic) bond motifs is 3. The van der Waals surface area contributed by atoms with Gasteiger partial charge in [0.15, 0.2) is 6.17 Å². The largest absolute Gasteiger partial charge is 0.508 e. The van der Waals surface area contributed by atoms with Crippen LogP contribution >= 0.6 is 0 Å². The zero-order valence-corrected chi connectivity index (χ0v) is 16.3. The van der Waals surface area contributed by atoms with Crippen molar-refractivity contribution in [1.29, 1.82) is 0 Å². The van der Waals surface area contributed by atoms with E-state index in [1.807, 2.05) is 44.5 Å². The molecule has 0 saturated carbocycles. The summed E-state index contributed by atoms with van der Waals surface area (Å²) in [4.78, 5) is 0. The van der Waals surface area contributed by atoms with Gasteiger partial charge in [0.2, 0.25) is 0 Å². The number of aryl methyl sites for hydroxylation is 2. The fourth-order valence-electron chi connectivity index (χ4n) is 3.81. The second-order valence-electron chi connectivity index (χ2n) is 8.34. The van der Waals surface area contributed by atoms with Gasteiger partial charge in [0, 0.05) is 22.9 Å². The highest BCUT2D eigenvalue weighted by molar-refractivity contribution is 5.81. The van der Waals surface area contributed by atoms with Gasteiger partial charge in [-0.05, 0) is 42.5 Å².